The maximum absolute atomic E-state index is 12.1. The van der Waals surface area contributed by atoms with Crippen molar-refractivity contribution in [2.45, 2.75) is 18.9 Å². The monoisotopic (exact) mass is 327 g/mol. The smallest absolute Gasteiger partial charge is 0.262 e. The van der Waals surface area contributed by atoms with Crippen LogP contribution in [0.4, 0.5) is 5.69 Å². The molecule has 2 aromatic rings. The minimum Gasteiger partial charge on any atom is -0.489 e. The molecule has 0 radical (unpaired) electrons. The van der Waals surface area contributed by atoms with Gasteiger partial charge in [-0.1, -0.05) is 30.3 Å². The molecule has 24 heavy (non-hydrogen) atoms. The van der Waals surface area contributed by atoms with Gasteiger partial charge in [0.05, 0.1) is 11.8 Å². The van der Waals surface area contributed by atoms with E-state index in [0.717, 1.165) is 19.4 Å². The van der Waals surface area contributed by atoms with Gasteiger partial charge in [-0.15, -0.1) is 0 Å². The van der Waals surface area contributed by atoms with Crippen molar-refractivity contribution >= 4 is 11.6 Å². The molecule has 0 saturated carbocycles. The lowest BCUT2D eigenvalue weighted by atomic mass is 10.2. The van der Waals surface area contributed by atoms with Crippen LogP contribution in [0.15, 0.2) is 54.6 Å². The van der Waals surface area contributed by atoms with E-state index in [4.69, 9.17) is 14.2 Å². The van der Waals surface area contributed by atoms with E-state index < -0.39 is 0 Å². The number of benzene rings is 2. The molecule has 1 fully saturated rings. The van der Waals surface area contributed by atoms with Crippen molar-refractivity contribution in [3.63, 3.8) is 0 Å². The Morgan fingerprint density at radius 1 is 1.08 bits per heavy atom. The lowest BCUT2D eigenvalue weighted by Gasteiger charge is -2.15. The van der Waals surface area contributed by atoms with Gasteiger partial charge in [0.25, 0.3) is 5.91 Å². The lowest BCUT2D eigenvalue weighted by Crippen LogP contribution is -2.21. The maximum Gasteiger partial charge on any atom is 0.262 e. The topological polar surface area (TPSA) is 56.8 Å². The molecule has 0 bridgehead atoms. The zero-order valence-corrected chi connectivity index (χ0v) is 13.4. The van der Waals surface area contributed by atoms with Crippen molar-refractivity contribution in [1.29, 1.82) is 0 Å². The van der Waals surface area contributed by atoms with Crippen LogP contribution in [0.3, 0.4) is 0 Å². The molecule has 1 atom stereocenters. The van der Waals surface area contributed by atoms with Crippen LogP contribution in [0.5, 0.6) is 11.5 Å². The molecule has 126 valence electrons. The first-order valence-electron chi connectivity index (χ1n) is 8.12. The third-order valence-corrected chi connectivity index (χ3v) is 3.72. The summed E-state index contributed by atoms with van der Waals surface area (Å²) in [5.74, 6) is 1.07. The van der Waals surface area contributed by atoms with Gasteiger partial charge >= 0.3 is 0 Å². The Bertz CT molecular complexity index is 653. The second-order valence-electron chi connectivity index (χ2n) is 5.59. The predicted molar refractivity (Wildman–Crippen MR) is 91.5 cm³/mol. The molecule has 0 unspecified atom stereocenters. The quantitative estimate of drug-likeness (QED) is 0.848. The van der Waals surface area contributed by atoms with Gasteiger partial charge < -0.3 is 19.5 Å². The molecule has 0 aliphatic carbocycles. The molecule has 2 aromatic carbocycles. The van der Waals surface area contributed by atoms with Crippen molar-refractivity contribution < 1.29 is 19.0 Å². The highest BCUT2D eigenvalue weighted by molar-refractivity contribution is 5.93. The van der Waals surface area contributed by atoms with Crippen molar-refractivity contribution in [2.24, 2.45) is 0 Å². The number of nitrogens with one attached hydrogen (secondary N) is 1. The summed E-state index contributed by atoms with van der Waals surface area (Å²) in [4.78, 5) is 12.1. The molecule has 1 amide bonds. The fourth-order valence-electron chi connectivity index (χ4n) is 2.51. The fraction of sp³-hybridized carbons (Fsp3) is 0.316. The second kappa shape index (κ2) is 8.36. The maximum atomic E-state index is 12.1. The Morgan fingerprint density at radius 3 is 2.67 bits per heavy atom. The number of hydrogen-bond acceptors (Lipinski definition) is 4. The minimum atomic E-state index is -0.230. The molecule has 1 N–H and O–H groups in total. The van der Waals surface area contributed by atoms with Gasteiger partial charge in [-0.25, -0.2) is 0 Å². The molecule has 5 nitrogen and oxygen atoms in total. The number of amides is 1. The Hall–Kier alpha value is -2.53. The summed E-state index contributed by atoms with van der Waals surface area (Å²) in [5, 5.41) is 2.83. The van der Waals surface area contributed by atoms with Crippen LogP contribution in [0.1, 0.15) is 12.8 Å². The molecule has 0 aromatic heterocycles. The Kier molecular flexibility index (Phi) is 5.69. The van der Waals surface area contributed by atoms with Crippen LogP contribution in [-0.2, 0) is 9.53 Å². The van der Waals surface area contributed by atoms with E-state index in [0.29, 0.717) is 23.8 Å². The normalized spacial score (nSPS) is 16.6. The van der Waals surface area contributed by atoms with E-state index in [1.807, 2.05) is 54.6 Å². The van der Waals surface area contributed by atoms with E-state index >= 15 is 0 Å². The summed E-state index contributed by atoms with van der Waals surface area (Å²) >= 11 is 0. The summed E-state index contributed by atoms with van der Waals surface area (Å²) in [6, 6.07) is 16.6. The molecule has 3 rings (SSSR count). The molecular formula is C19H21NO4. The molecule has 0 spiro atoms. The molecule has 1 heterocycles. The third-order valence-electron chi connectivity index (χ3n) is 3.72. The zero-order chi connectivity index (χ0) is 16.6. The first-order chi connectivity index (χ1) is 11.8. The Balaban J connectivity index is 1.52. The number of ether oxygens (including phenoxy) is 3. The van der Waals surface area contributed by atoms with Crippen LogP contribution in [-0.4, -0.2) is 31.8 Å². The van der Waals surface area contributed by atoms with Gasteiger partial charge in [0.15, 0.2) is 6.61 Å². The SMILES string of the molecule is O=C(COc1ccccc1)Nc1ccccc1OC[C@@H]1CCCO1. The first kappa shape index (κ1) is 16.3. The van der Waals surface area contributed by atoms with Crippen LogP contribution >= 0.6 is 0 Å². The molecule has 5 heteroatoms. The Labute approximate surface area is 141 Å². The number of anilines is 1. The highest BCUT2D eigenvalue weighted by atomic mass is 16.5. The van der Waals surface area contributed by atoms with Crippen molar-refractivity contribution in [1.82, 2.24) is 0 Å². The molecule has 1 aliphatic heterocycles. The third kappa shape index (κ3) is 4.73. The van der Waals surface area contributed by atoms with Crippen LogP contribution in [0.25, 0.3) is 0 Å². The fourth-order valence-corrected chi connectivity index (χ4v) is 2.51. The zero-order valence-electron chi connectivity index (χ0n) is 13.4. The van der Waals surface area contributed by atoms with Crippen molar-refractivity contribution in [3.8, 4) is 11.5 Å². The number of carbonyl (C=O) groups is 1. The van der Waals surface area contributed by atoms with E-state index in [1.54, 1.807) is 0 Å². The van der Waals surface area contributed by atoms with Gasteiger partial charge in [-0.2, -0.15) is 0 Å². The van der Waals surface area contributed by atoms with Crippen LogP contribution < -0.4 is 14.8 Å². The number of para-hydroxylation sites is 3. The van der Waals surface area contributed by atoms with Gasteiger partial charge in [0, 0.05) is 6.61 Å². The summed E-state index contributed by atoms with van der Waals surface area (Å²) in [6.45, 7) is 1.24. The number of carbonyl (C=O) groups excluding carboxylic acids is 1. The van der Waals surface area contributed by atoms with Crippen molar-refractivity contribution in [2.75, 3.05) is 25.1 Å². The molecular weight excluding hydrogens is 306 g/mol. The standard InChI is InChI=1S/C19H21NO4/c21-19(14-23-15-7-2-1-3-8-15)20-17-10-4-5-11-18(17)24-13-16-9-6-12-22-16/h1-5,7-8,10-11,16H,6,9,12-14H2,(H,20,21)/t16-/m0/s1. The molecule has 1 aliphatic rings. The summed E-state index contributed by atoms with van der Waals surface area (Å²) in [6.07, 6.45) is 2.22. The van der Waals surface area contributed by atoms with Crippen LogP contribution in [0, 0.1) is 0 Å². The second-order valence-corrected chi connectivity index (χ2v) is 5.59. The predicted octanol–water partition coefficient (Wildman–Crippen LogP) is 3.26. The number of rotatable bonds is 7. The van der Waals surface area contributed by atoms with Crippen molar-refractivity contribution in [3.05, 3.63) is 54.6 Å². The van der Waals surface area contributed by atoms with E-state index in [2.05, 4.69) is 5.32 Å². The highest BCUT2D eigenvalue weighted by Gasteiger charge is 2.17. The van der Waals surface area contributed by atoms with E-state index in [9.17, 15) is 4.79 Å². The van der Waals surface area contributed by atoms with Gasteiger partial charge in [-0.3, -0.25) is 4.79 Å². The summed E-state index contributed by atoms with van der Waals surface area (Å²) in [5.41, 5.74) is 0.636. The highest BCUT2D eigenvalue weighted by Crippen LogP contribution is 2.25. The average molecular weight is 327 g/mol. The lowest BCUT2D eigenvalue weighted by molar-refractivity contribution is -0.118. The average Bonchev–Trinajstić information content (AvgIpc) is 3.14. The molecule has 1 saturated heterocycles. The minimum absolute atomic E-state index is 0.0515. The summed E-state index contributed by atoms with van der Waals surface area (Å²) < 4.78 is 16.8. The summed E-state index contributed by atoms with van der Waals surface area (Å²) in [7, 11) is 0. The Morgan fingerprint density at radius 2 is 1.88 bits per heavy atom. The first-order valence-corrected chi connectivity index (χ1v) is 8.12. The van der Waals surface area contributed by atoms with E-state index in [1.165, 1.54) is 0 Å². The van der Waals surface area contributed by atoms with Crippen LogP contribution in [0.2, 0.25) is 0 Å². The number of hydrogen-bond donors (Lipinski definition) is 1. The largest absolute Gasteiger partial charge is 0.489 e. The van der Waals surface area contributed by atoms with Gasteiger partial charge in [0.1, 0.15) is 18.1 Å². The van der Waals surface area contributed by atoms with E-state index in [-0.39, 0.29) is 18.6 Å². The van der Waals surface area contributed by atoms with Gasteiger partial charge in [0.2, 0.25) is 0 Å². The van der Waals surface area contributed by atoms with Gasteiger partial charge in [-0.05, 0) is 37.1 Å².